The summed E-state index contributed by atoms with van der Waals surface area (Å²) in [5.41, 5.74) is 0.931. The Morgan fingerprint density at radius 2 is 1.79 bits per heavy atom. The number of rotatable bonds is 8. The Morgan fingerprint density at radius 3 is 2.37 bits per heavy atom. The lowest BCUT2D eigenvalue weighted by molar-refractivity contribution is 0.0315. The Hall–Kier alpha value is -0.940. The van der Waals surface area contributed by atoms with Gasteiger partial charge >= 0.3 is 0 Å². The molecule has 0 saturated heterocycles. The van der Waals surface area contributed by atoms with Crippen LogP contribution in [0.4, 0.5) is 0 Å². The predicted molar refractivity (Wildman–Crippen MR) is 75.9 cm³/mol. The van der Waals surface area contributed by atoms with Crippen LogP contribution >= 0.6 is 0 Å². The zero-order chi connectivity index (χ0) is 14.3. The highest BCUT2D eigenvalue weighted by molar-refractivity contribution is 5.17. The van der Waals surface area contributed by atoms with Gasteiger partial charge in [-0.2, -0.15) is 0 Å². The molecule has 0 aliphatic rings. The topological polar surface area (TPSA) is 52.9 Å². The molecule has 0 fully saturated rings. The van der Waals surface area contributed by atoms with Crippen LogP contribution in [0.5, 0.6) is 0 Å². The van der Waals surface area contributed by atoms with Crippen molar-refractivity contribution in [3.63, 3.8) is 0 Å². The molecule has 0 aromatic heterocycles. The van der Waals surface area contributed by atoms with Crippen molar-refractivity contribution in [2.45, 2.75) is 19.1 Å². The lowest BCUT2D eigenvalue weighted by atomic mass is 9.97. The normalized spacial score (nSPS) is 16.3. The number of hydrogen-bond donors (Lipinski definition) is 2. The summed E-state index contributed by atoms with van der Waals surface area (Å²) in [6, 6.07) is 9.66. The van der Waals surface area contributed by atoms with Crippen LogP contribution in [0, 0.1) is 5.92 Å². The van der Waals surface area contributed by atoms with E-state index in [1.54, 1.807) is 7.11 Å². The van der Waals surface area contributed by atoms with Crippen molar-refractivity contribution >= 4 is 0 Å². The van der Waals surface area contributed by atoms with Gasteiger partial charge in [-0.25, -0.2) is 0 Å². The first-order chi connectivity index (χ1) is 9.04. The van der Waals surface area contributed by atoms with E-state index in [4.69, 9.17) is 4.74 Å². The van der Waals surface area contributed by atoms with E-state index in [1.165, 1.54) is 0 Å². The van der Waals surface area contributed by atoms with Crippen molar-refractivity contribution < 1.29 is 14.9 Å². The number of nitrogens with zero attached hydrogens (tertiary/aromatic N) is 1. The maximum Gasteiger partial charge on any atom is 0.0899 e. The number of ether oxygens (including phenoxy) is 1. The first kappa shape index (κ1) is 16.1. The van der Waals surface area contributed by atoms with Gasteiger partial charge in [0.1, 0.15) is 0 Å². The summed E-state index contributed by atoms with van der Waals surface area (Å²) in [5, 5.41) is 19.9. The van der Waals surface area contributed by atoms with Crippen molar-refractivity contribution in [3.05, 3.63) is 35.9 Å². The molecule has 0 amide bonds. The van der Waals surface area contributed by atoms with Gasteiger partial charge in [-0.15, -0.1) is 0 Å². The largest absolute Gasteiger partial charge is 0.389 e. The van der Waals surface area contributed by atoms with Gasteiger partial charge in [0, 0.05) is 20.2 Å². The predicted octanol–water partition coefficient (Wildman–Crippen LogP) is 1.30. The third-order valence-electron chi connectivity index (χ3n) is 3.16. The van der Waals surface area contributed by atoms with Crippen molar-refractivity contribution in [1.82, 2.24) is 4.90 Å². The molecule has 3 unspecified atom stereocenters. The number of benzene rings is 1. The molecule has 0 spiro atoms. The van der Waals surface area contributed by atoms with Crippen molar-refractivity contribution in [2.75, 3.05) is 33.9 Å². The molecular formula is C15H25NO3. The summed E-state index contributed by atoms with van der Waals surface area (Å²) in [5.74, 6) is 0.0992. The Balaban J connectivity index is 2.43. The van der Waals surface area contributed by atoms with Crippen molar-refractivity contribution in [2.24, 2.45) is 5.92 Å². The molecule has 4 heteroatoms. The highest BCUT2D eigenvalue weighted by Gasteiger charge is 2.18. The summed E-state index contributed by atoms with van der Waals surface area (Å²) >= 11 is 0. The minimum Gasteiger partial charge on any atom is -0.389 e. The fraction of sp³-hybridized carbons (Fsp3) is 0.600. The second-order valence-corrected chi connectivity index (χ2v) is 5.16. The molecule has 1 aromatic rings. The third kappa shape index (κ3) is 5.70. The minimum atomic E-state index is -0.490. The van der Waals surface area contributed by atoms with E-state index in [-0.39, 0.29) is 5.92 Å². The molecule has 0 bridgehead atoms. The van der Waals surface area contributed by atoms with Crippen LogP contribution in [0.2, 0.25) is 0 Å². The van der Waals surface area contributed by atoms with Gasteiger partial charge in [-0.3, -0.25) is 0 Å². The number of aliphatic hydroxyl groups is 2. The summed E-state index contributed by atoms with van der Waals surface area (Å²) in [6.45, 7) is 3.60. The highest BCUT2D eigenvalue weighted by atomic mass is 16.5. The van der Waals surface area contributed by atoms with Crippen molar-refractivity contribution in [1.29, 1.82) is 0 Å². The molecule has 0 saturated carbocycles. The molecule has 2 N–H and O–H groups in total. The highest BCUT2D eigenvalue weighted by Crippen LogP contribution is 2.21. The van der Waals surface area contributed by atoms with Crippen LogP contribution < -0.4 is 0 Å². The van der Waals surface area contributed by atoms with E-state index in [1.807, 2.05) is 49.2 Å². The molecule has 0 aliphatic carbocycles. The van der Waals surface area contributed by atoms with Crippen LogP contribution in [0.25, 0.3) is 0 Å². The standard InChI is InChI=1S/C15H25NO3/c1-12(9-16(2)10-14(17)11-19-3)15(18)13-7-5-4-6-8-13/h4-8,12,14-15,17-18H,9-11H2,1-3H3. The minimum absolute atomic E-state index is 0.0992. The fourth-order valence-corrected chi connectivity index (χ4v) is 2.25. The Labute approximate surface area is 115 Å². The van der Waals surface area contributed by atoms with Gasteiger partial charge in [0.25, 0.3) is 0 Å². The lowest BCUT2D eigenvalue weighted by Gasteiger charge is -2.26. The molecule has 1 aromatic carbocycles. The molecule has 3 atom stereocenters. The number of hydrogen-bond acceptors (Lipinski definition) is 4. The average molecular weight is 267 g/mol. The molecule has 19 heavy (non-hydrogen) atoms. The average Bonchev–Trinajstić information content (AvgIpc) is 2.38. The van der Waals surface area contributed by atoms with E-state index in [0.29, 0.717) is 13.2 Å². The zero-order valence-electron chi connectivity index (χ0n) is 12.0. The van der Waals surface area contributed by atoms with Gasteiger partial charge in [-0.05, 0) is 18.5 Å². The number of methoxy groups -OCH3 is 1. The summed E-state index contributed by atoms with van der Waals surface area (Å²) < 4.78 is 4.90. The molecule has 0 heterocycles. The summed E-state index contributed by atoms with van der Waals surface area (Å²) in [7, 11) is 3.51. The number of likely N-dealkylation sites (N-methyl/N-ethyl adjacent to an activating group) is 1. The van der Waals surface area contributed by atoms with E-state index >= 15 is 0 Å². The van der Waals surface area contributed by atoms with Crippen LogP contribution in [0.15, 0.2) is 30.3 Å². The molecular weight excluding hydrogens is 242 g/mol. The Kier molecular flexibility index (Phi) is 7.02. The van der Waals surface area contributed by atoms with Crippen LogP contribution in [-0.4, -0.2) is 55.1 Å². The molecule has 0 aliphatic heterocycles. The molecule has 108 valence electrons. The lowest BCUT2D eigenvalue weighted by Crippen LogP contribution is -2.35. The van der Waals surface area contributed by atoms with Crippen LogP contribution in [-0.2, 0) is 4.74 Å². The van der Waals surface area contributed by atoms with Gasteiger partial charge in [0.15, 0.2) is 0 Å². The monoisotopic (exact) mass is 267 g/mol. The Morgan fingerprint density at radius 1 is 1.16 bits per heavy atom. The quantitative estimate of drug-likeness (QED) is 0.745. The van der Waals surface area contributed by atoms with Gasteiger partial charge in [0.05, 0.1) is 18.8 Å². The second-order valence-electron chi connectivity index (χ2n) is 5.16. The van der Waals surface area contributed by atoms with Gasteiger partial charge in [-0.1, -0.05) is 37.3 Å². The molecule has 1 rings (SSSR count). The van der Waals surface area contributed by atoms with Crippen molar-refractivity contribution in [3.8, 4) is 0 Å². The Bertz CT molecular complexity index is 345. The maximum atomic E-state index is 10.3. The van der Waals surface area contributed by atoms with Crippen LogP contribution in [0.1, 0.15) is 18.6 Å². The van der Waals surface area contributed by atoms with Gasteiger partial charge in [0.2, 0.25) is 0 Å². The molecule has 0 radical (unpaired) electrons. The van der Waals surface area contributed by atoms with E-state index in [2.05, 4.69) is 0 Å². The summed E-state index contributed by atoms with van der Waals surface area (Å²) in [6.07, 6.45) is -0.973. The van der Waals surface area contributed by atoms with E-state index in [9.17, 15) is 10.2 Å². The van der Waals surface area contributed by atoms with E-state index < -0.39 is 12.2 Å². The number of aliphatic hydroxyl groups excluding tert-OH is 2. The first-order valence-electron chi connectivity index (χ1n) is 6.63. The summed E-state index contributed by atoms with van der Waals surface area (Å²) in [4.78, 5) is 2.01. The zero-order valence-corrected chi connectivity index (χ0v) is 12.0. The third-order valence-corrected chi connectivity index (χ3v) is 3.16. The molecule has 4 nitrogen and oxygen atoms in total. The fourth-order valence-electron chi connectivity index (χ4n) is 2.25. The maximum absolute atomic E-state index is 10.3. The first-order valence-corrected chi connectivity index (χ1v) is 6.63. The van der Waals surface area contributed by atoms with Gasteiger partial charge < -0.3 is 19.8 Å². The second kappa shape index (κ2) is 8.27. The smallest absolute Gasteiger partial charge is 0.0899 e. The SMILES string of the molecule is COCC(O)CN(C)CC(C)C(O)c1ccccc1. The van der Waals surface area contributed by atoms with E-state index in [0.717, 1.165) is 12.1 Å². The van der Waals surface area contributed by atoms with Crippen LogP contribution in [0.3, 0.4) is 0 Å².